The number of halogens is 3. The van der Waals surface area contributed by atoms with Gasteiger partial charge in [0, 0.05) is 25.6 Å². The smallest absolute Gasteiger partial charge is 0.387 e. The molecule has 1 aromatic heterocycles. The highest BCUT2D eigenvalue weighted by molar-refractivity contribution is 6.31. The van der Waals surface area contributed by atoms with Crippen LogP contribution in [0.3, 0.4) is 0 Å². The summed E-state index contributed by atoms with van der Waals surface area (Å²) in [5.74, 6) is 0.00907. The Labute approximate surface area is 171 Å². The van der Waals surface area contributed by atoms with E-state index in [1.165, 1.54) is 12.1 Å². The molecule has 1 aliphatic heterocycles. The molecule has 2 heterocycles. The fourth-order valence-corrected chi connectivity index (χ4v) is 3.91. The van der Waals surface area contributed by atoms with Crippen LogP contribution in [-0.4, -0.2) is 27.2 Å². The number of fused-ring (bicyclic) bond motifs is 1. The third-order valence-corrected chi connectivity index (χ3v) is 5.40. The summed E-state index contributed by atoms with van der Waals surface area (Å²) in [4.78, 5) is 14.8. The number of rotatable bonds is 6. The zero-order valence-corrected chi connectivity index (χ0v) is 16.3. The maximum Gasteiger partial charge on any atom is 0.387 e. The van der Waals surface area contributed by atoms with Gasteiger partial charge in [-0.2, -0.15) is 13.9 Å². The van der Waals surface area contributed by atoms with Crippen molar-refractivity contribution in [3.8, 4) is 5.75 Å². The van der Waals surface area contributed by atoms with Gasteiger partial charge in [-0.25, -0.2) is 0 Å². The van der Waals surface area contributed by atoms with Crippen LogP contribution in [0.15, 0.2) is 54.7 Å². The van der Waals surface area contributed by atoms with Gasteiger partial charge in [0.05, 0.1) is 23.0 Å². The van der Waals surface area contributed by atoms with Crippen LogP contribution < -0.4 is 4.74 Å². The van der Waals surface area contributed by atoms with Crippen molar-refractivity contribution in [2.45, 2.75) is 25.6 Å². The van der Waals surface area contributed by atoms with Gasteiger partial charge in [0.1, 0.15) is 5.75 Å². The van der Waals surface area contributed by atoms with E-state index in [-0.39, 0.29) is 17.7 Å². The first-order valence-corrected chi connectivity index (χ1v) is 9.42. The molecule has 0 fully saturated rings. The molecule has 0 N–H and O–H groups in total. The molecule has 8 heteroatoms. The van der Waals surface area contributed by atoms with E-state index in [1.807, 2.05) is 31.3 Å². The Morgan fingerprint density at radius 1 is 1.17 bits per heavy atom. The van der Waals surface area contributed by atoms with E-state index in [0.717, 1.165) is 16.8 Å². The molecule has 1 amide bonds. The minimum absolute atomic E-state index is 0.0724. The molecule has 3 aromatic rings. The zero-order valence-electron chi connectivity index (χ0n) is 15.6. The van der Waals surface area contributed by atoms with Crippen LogP contribution in [0.25, 0.3) is 0 Å². The van der Waals surface area contributed by atoms with Crippen molar-refractivity contribution in [2.75, 3.05) is 0 Å². The van der Waals surface area contributed by atoms with E-state index in [1.54, 1.807) is 27.9 Å². The lowest BCUT2D eigenvalue weighted by Crippen LogP contribution is -2.29. The summed E-state index contributed by atoms with van der Waals surface area (Å²) in [6, 6.07) is 13.6. The first kappa shape index (κ1) is 19.4. The van der Waals surface area contributed by atoms with Gasteiger partial charge in [-0.05, 0) is 29.3 Å². The normalized spacial score (nSPS) is 15.8. The molecule has 0 saturated carbocycles. The molecule has 0 aliphatic carbocycles. The van der Waals surface area contributed by atoms with Gasteiger partial charge in [0.15, 0.2) is 0 Å². The lowest BCUT2D eigenvalue weighted by Gasteiger charge is -2.26. The number of carbonyl (C=O) groups is 1. The maximum absolute atomic E-state index is 13.1. The lowest BCUT2D eigenvalue weighted by atomic mass is 10.0. The summed E-state index contributed by atoms with van der Waals surface area (Å²) in [7, 11) is 1.82. The van der Waals surface area contributed by atoms with E-state index < -0.39 is 6.61 Å². The van der Waals surface area contributed by atoms with Crippen LogP contribution >= 0.6 is 11.6 Å². The van der Waals surface area contributed by atoms with Crippen LogP contribution in [-0.2, 0) is 20.0 Å². The number of nitrogens with zero attached hydrogens (tertiary/aromatic N) is 3. The summed E-state index contributed by atoms with van der Waals surface area (Å²) >= 11 is 6.29. The highest BCUT2D eigenvalue weighted by Gasteiger charge is 2.37. The number of ether oxygens (including phenoxy) is 1. The number of amides is 1. The number of aryl methyl sites for hydroxylation is 1. The second kappa shape index (κ2) is 7.83. The predicted molar refractivity (Wildman–Crippen MR) is 104 cm³/mol. The average Bonchev–Trinajstić information content (AvgIpc) is 3.15. The Balaban J connectivity index is 1.63. The van der Waals surface area contributed by atoms with Crippen molar-refractivity contribution in [1.29, 1.82) is 0 Å². The largest absolute Gasteiger partial charge is 0.435 e. The van der Waals surface area contributed by atoms with Crippen LogP contribution in [0.5, 0.6) is 5.75 Å². The third-order valence-electron chi connectivity index (χ3n) is 5.09. The van der Waals surface area contributed by atoms with E-state index >= 15 is 0 Å². The van der Waals surface area contributed by atoms with Crippen molar-refractivity contribution in [3.63, 3.8) is 0 Å². The molecule has 0 saturated heterocycles. The van der Waals surface area contributed by atoms with Crippen molar-refractivity contribution < 1.29 is 18.3 Å². The molecule has 29 heavy (non-hydrogen) atoms. The summed E-state index contributed by atoms with van der Waals surface area (Å²) < 4.78 is 30.8. The van der Waals surface area contributed by atoms with Crippen LogP contribution in [0, 0.1) is 0 Å². The molecule has 0 radical (unpaired) electrons. The van der Waals surface area contributed by atoms with E-state index in [4.69, 9.17) is 11.6 Å². The molecular formula is C21H18ClF2N3O2. The fraction of sp³-hybridized carbons (Fsp3) is 0.238. The number of hydrogen-bond acceptors (Lipinski definition) is 3. The Kier molecular flexibility index (Phi) is 5.24. The molecule has 1 atom stereocenters. The van der Waals surface area contributed by atoms with E-state index in [0.29, 0.717) is 23.6 Å². The van der Waals surface area contributed by atoms with Crippen molar-refractivity contribution in [3.05, 3.63) is 82.1 Å². The summed E-state index contributed by atoms with van der Waals surface area (Å²) in [6.07, 6.45) is 2.11. The predicted octanol–water partition coefficient (Wildman–Crippen LogP) is 4.61. The zero-order chi connectivity index (χ0) is 20.5. The maximum atomic E-state index is 13.1. The SMILES string of the molecule is Cn1ncc(Cl)c1CC1c2ccccc2C(=O)N1Cc1ccc(OC(F)F)cc1. The fourth-order valence-electron chi connectivity index (χ4n) is 3.67. The molecule has 0 spiro atoms. The molecule has 2 aromatic carbocycles. The van der Waals surface area contributed by atoms with Gasteiger partial charge >= 0.3 is 6.61 Å². The summed E-state index contributed by atoms with van der Waals surface area (Å²) in [6.45, 7) is -2.54. The first-order chi connectivity index (χ1) is 13.9. The Morgan fingerprint density at radius 2 is 1.90 bits per heavy atom. The van der Waals surface area contributed by atoms with E-state index in [9.17, 15) is 13.6 Å². The number of benzene rings is 2. The van der Waals surface area contributed by atoms with Gasteiger partial charge in [-0.1, -0.05) is 41.9 Å². The second-order valence-corrected chi connectivity index (χ2v) is 7.23. The molecule has 150 valence electrons. The Morgan fingerprint density at radius 3 is 2.55 bits per heavy atom. The molecule has 1 aliphatic rings. The molecule has 0 bridgehead atoms. The Bertz CT molecular complexity index is 1020. The number of hydrogen-bond donors (Lipinski definition) is 0. The number of carbonyl (C=O) groups excluding carboxylic acids is 1. The van der Waals surface area contributed by atoms with Crippen molar-refractivity contribution >= 4 is 17.5 Å². The second-order valence-electron chi connectivity index (χ2n) is 6.83. The minimum Gasteiger partial charge on any atom is -0.435 e. The van der Waals surface area contributed by atoms with Gasteiger partial charge in [-0.15, -0.1) is 0 Å². The van der Waals surface area contributed by atoms with E-state index in [2.05, 4.69) is 9.84 Å². The highest BCUT2D eigenvalue weighted by atomic mass is 35.5. The summed E-state index contributed by atoms with van der Waals surface area (Å²) in [5.41, 5.74) is 3.25. The number of alkyl halides is 2. The van der Waals surface area contributed by atoms with Gasteiger partial charge in [0.2, 0.25) is 0 Å². The Hall–Kier alpha value is -2.93. The van der Waals surface area contributed by atoms with Crippen molar-refractivity contribution in [2.24, 2.45) is 7.05 Å². The van der Waals surface area contributed by atoms with Gasteiger partial charge < -0.3 is 9.64 Å². The quantitative estimate of drug-likeness (QED) is 0.588. The third kappa shape index (κ3) is 3.82. The van der Waals surface area contributed by atoms with Crippen molar-refractivity contribution in [1.82, 2.24) is 14.7 Å². The highest BCUT2D eigenvalue weighted by Crippen LogP contribution is 2.38. The first-order valence-electron chi connectivity index (χ1n) is 9.04. The molecular weight excluding hydrogens is 400 g/mol. The molecule has 4 rings (SSSR count). The molecule has 1 unspecified atom stereocenters. The minimum atomic E-state index is -2.87. The topological polar surface area (TPSA) is 47.4 Å². The van der Waals surface area contributed by atoms with Gasteiger partial charge in [0.25, 0.3) is 5.91 Å². The lowest BCUT2D eigenvalue weighted by molar-refractivity contribution is -0.0498. The summed E-state index contributed by atoms with van der Waals surface area (Å²) in [5, 5.41) is 4.74. The number of aromatic nitrogens is 2. The monoisotopic (exact) mass is 417 g/mol. The standard InChI is InChI=1S/C21H18ClF2N3O2/c1-26-19(17(22)11-25-26)10-18-15-4-2-3-5-16(15)20(28)27(18)12-13-6-8-14(9-7-13)29-21(23)24/h2-9,11,18,21H,10,12H2,1H3. The molecule has 5 nitrogen and oxygen atoms in total. The van der Waals surface area contributed by atoms with Crippen LogP contribution in [0.4, 0.5) is 8.78 Å². The van der Waals surface area contributed by atoms with Gasteiger partial charge in [-0.3, -0.25) is 9.48 Å². The van der Waals surface area contributed by atoms with Crippen LogP contribution in [0.2, 0.25) is 5.02 Å². The average molecular weight is 418 g/mol. The van der Waals surface area contributed by atoms with Crippen LogP contribution in [0.1, 0.15) is 33.2 Å².